The zero-order valence-corrected chi connectivity index (χ0v) is 13.2. The third-order valence-corrected chi connectivity index (χ3v) is 6.00. The first-order chi connectivity index (χ1) is 9.04. The largest absolute Gasteiger partial charge is 0.308 e. The lowest BCUT2D eigenvalue weighted by Crippen LogP contribution is -2.69. The minimum atomic E-state index is 0.408. The second kappa shape index (κ2) is 5.04. The molecule has 2 aliphatic carbocycles. The highest BCUT2D eigenvalue weighted by Gasteiger charge is 2.51. The van der Waals surface area contributed by atoms with E-state index in [1.807, 2.05) is 0 Å². The zero-order valence-electron chi connectivity index (χ0n) is 13.2. The fourth-order valence-electron chi connectivity index (χ4n) is 4.35. The maximum absolute atomic E-state index is 3.97. The Morgan fingerprint density at radius 3 is 2.47 bits per heavy atom. The van der Waals surface area contributed by atoms with E-state index >= 15 is 0 Å². The van der Waals surface area contributed by atoms with Gasteiger partial charge in [0.05, 0.1) is 0 Å². The molecule has 1 atom stereocenters. The summed E-state index contributed by atoms with van der Waals surface area (Å²) in [5, 5.41) is 3.97. The van der Waals surface area contributed by atoms with Crippen molar-refractivity contribution < 1.29 is 0 Å². The van der Waals surface area contributed by atoms with Crippen LogP contribution in [-0.2, 0) is 0 Å². The van der Waals surface area contributed by atoms with E-state index in [4.69, 9.17) is 0 Å². The third kappa shape index (κ3) is 2.71. The SMILES string of the molecule is CC(C)CCN1CC(C)(C2CC2)NCC12CCCC2. The molecule has 0 aromatic heterocycles. The van der Waals surface area contributed by atoms with Gasteiger partial charge in [-0.05, 0) is 57.4 Å². The molecule has 1 heterocycles. The Labute approximate surface area is 119 Å². The van der Waals surface area contributed by atoms with Gasteiger partial charge in [-0.15, -0.1) is 0 Å². The summed E-state index contributed by atoms with van der Waals surface area (Å²) in [4.78, 5) is 2.90. The van der Waals surface area contributed by atoms with Gasteiger partial charge in [0.1, 0.15) is 0 Å². The van der Waals surface area contributed by atoms with Crippen LogP contribution in [0.1, 0.15) is 65.7 Å². The van der Waals surface area contributed by atoms with Crippen LogP contribution in [0.5, 0.6) is 0 Å². The van der Waals surface area contributed by atoms with Gasteiger partial charge in [0.2, 0.25) is 0 Å². The van der Waals surface area contributed by atoms with Crippen LogP contribution >= 0.6 is 0 Å². The summed E-state index contributed by atoms with van der Waals surface area (Å²) in [6, 6.07) is 0. The van der Waals surface area contributed by atoms with Crippen molar-refractivity contribution in [2.45, 2.75) is 76.8 Å². The average molecular weight is 264 g/mol. The second-order valence-electron chi connectivity index (χ2n) is 8.08. The minimum Gasteiger partial charge on any atom is -0.308 e. The summed E-state index contributed by atoms with van der Waals surface area (Å²) >= 11 is 0. The fourth-order valence-corrected chi connectivity index (χ4v) is 4.35. The van der Waals surface area contributed by atoms with Crippen molar-refractivity contribution in [1.29, 1.82) is 0 Å². The lowest BCUT2D eigenvalue weighted by Gasteiger charge is -2.53. The van der Waals surface area contributed by atoms with Crippen LogP contribution in [0.4, 0.5) is 0 Å². The molecule has 2 saturated carbocycles. The fraction of sp³-hybridized carbons (Fsp3) is 1.00. The van der Waals surface area contributed by atoms with E-state index in [1.165, 1.54) is 64.6 Å². The van der Waals surface area contributed by atoms with Gasteiger partial charge in [-0.3, -0.25) is 4.90 Å². The number of hydrogen-bond acceptors (Lipinski definition) is 2. The molecule has 3 fully saturated rings. The van der Waals surface area contributed by atoms with Gasteiger partial charge in [0.25, 0.3) is 0 Å². The molecule has 0 aromatic rings. The first kappa shape index (κ1) is 13.9. The number of rotatable bonds is 4. The van der Waals surface area contributed by atoms with Crippen LogP contribution in [0.3, 0.4) is 0 Å². The van der Waals surface area contributed by atoms with E-state index < -0.39 is 0 Å². The monoisotopic (exact) mass is 264 g/mol. The molecule has 1 spiro atoms. The highest BCUT2D eigenvalue weighted by molar-refractivity contribution is 5.10. The number of nitrogens with zero attached hydrogens (tertiary/aromatic N) is 1. The molecule has 1 N–H and O–H groups in total. The van der Waals surface area contributed by atoms with E-state index in [9.17, 15) is 0 Å². The summed E-state index contributed by atoms with van der Waals surface area (Å²) in [6.45, 7) is 11.1. The highest BCUT2D eigenvalue weighted by Crippen LogP contribution is 2.45. The molecule has 2 heteroatoms. The lowest BCUT2D eigenvalue weighted by atomic mass is 9.83. The molecule has 110 valence electrons. The summed E-state index contributed by atoms with van der Waals surface area (Å²) < 4.78 is 0. The van der Waals surface area contributed by atoms with Crippen LogP contribution in [0.15, 0.2) is 0 Å². The first-order valence-corrected chi connectivity index (χ1v) is 8.54. The molecule has 1 saturated heterocycles. The summed E-state index contributed by atoms with van der Waals surface area (Å²) in [6.07, 6.45) is 10.0. The molecule has 0 bridgehead atoms. The van der Waals surface area contributed by atoms with E-state index in [-0.39, 0.29) is 0 Å². The number of hydrogen-bond donors (Lipinski definition) is 1. The smallest absolute Gasteiger partial charge is 0.0334 e. The minimum absolute atomic E-state index is 0.408. The van der Waals surface area contributed by atoms with Crippen molar-refractivity contribution in [2.75, 3.05) is 19.6 Å². The Morgan fingerprint density at radius 2 is 1.89 bits per heavy atom. The molecule has 19 heavy (non-hydrogen) atoms. The van der Waals surface area contributed by atoms with Crippen LogP contribution < -0.4 is 5.32 Å². The van der Waals surface area contributed by atoms with Gasteiger partial charge in [-0.1, -0.05) is 26.7 Å². The zero-order chi connectivity index (χ0) is 13.5. The molecule has 0 aromatic carbocycles. The predicted octanol–water partition coefficient (Wildman–Crippen LogP) is 3.42. The number of nitrogens with one attached hydrogen (secondary N) is 1. The highest BCUT2D eigenvalue weighted by atomic mass is 15.3. The van der Waals surface area contributed by atoms with E-state index in [0.717, 1.165) is 11.8 Å². The van der Waals surface area contributed by atoms with Crippen LogP contribution in [0.2, 0.25) is 0 Å². The van der Waals surface area contributed by atoms with Crippen molar-refractivity contribution in [3.63, 3.8) is 0 Å². The van der Waals surface area contributed by atoms with E-state index in [0.29, 0.717) is 11.1 Å². The summed E-state index contributed by atoms with van der Waals surface area (Å²) in [7, 11) is 0. The Bertz CT molecular complexity index is 315. The first-order valence-electron chi connectivity index (χ1n) is 8.54. The van der Waals surface area contributed by atoms with Crippen molar-refractivity contribution >= 4 is 0 Å². The molecule has 0 amide bonds. The van der Waals surface area contributed by atoms with E-state index in [2.05, 4.69) is 31.0 Å². The molecular weight excluding hydrogens is 232 g/mol. The van der Waals surface area contributed by atoms with Crippen molar-refractivity contribution in [2.24, 2.45) is 11.8 Å². The maximum atomic E-state index is 3.97. The molecule has 3 aliphatic rings. The van der Waals surface area contributed by atoms with Crippen molar-refractivity contribution in [3.05, 3.63) is 0 Å². The van der Waals surface area contributed by atoms with Gasteiger partial charge in [0.15, 0.2) is 0 Å². The van der Waals surface area contributed by atoms with Crippen molar-refractivity contribution in [3.8, 4) is 0 Å². The second-order valence-corrected chi connectivity index (χ2v) is 8.08. The van der Waals surface area contributed by atoms with Crippen LogP contribution in [0, 0.1) is 11.8 Å². The van der Waals surface area contributed by atoms with Gasteiger partial charge >= 0.3 is 0 Å². The normalized spacial score (nSPS) is 35.4. The predicted molar refractivity (Wildman–Crippen MR) is 81.4 cm³/mol. The summed E-state index contributed by atoms with van der Waals surface area (Å²) in [5.74, 6) is 1.79. The molecule has 3 rings (SSSR count). The Balaban J connectivity index is 1.71. The van der Waals surface area contributed by atoms with Crippen LogP contribution in [-0.4, -0.2) is 35.6 Å². The molecule has 0 radical (unpaired) electrons. The van der Waals surface area contributed by atoms with Gasteiger partial charge < -0.3 is 5.32 Å². The molecule has 1 unspecified atom stereocenters. The lowest BCUT2D eigenvalue weighted by molar-refractivity contribution is 0.00291. The Kier molecular flexibility index (Phi) is 3.68. The number of piperazine rings is 1. The Morgan fingerprint density at radius 1 is 1.21 bits per heavy atom. The molecule has 1 aliphatic heterocycles. The topological polar surface area (TPSA) is 15.3 Å². The van der Waals surface area contributed by atoms with Gasteiger partial charge in [-0.25, -0.2) is 0 Å². The van der Waals surface area contributed by atoms with Gasteiger partial charge in [0, 0.05) is 24.2 Å². The molecule has 2 nitrogen and oxygen atoms in total. The Hall–Kier alpha value is -0.0800. The standard InChI is InChI=1S/C17H32N2/c1-14(2)8-11-19-13-16(3,15-6-7-15)18-12-17(19)9-4-5-10-17/h14-15,18H,4-13H2,1-3H3. The maximum Gasteiger partial charge on any atom is 0.0334 e. The van der Waals surface area contributed by atoms with E-state index in [1.54, 1.807) is 0 Å². The third-order valence-electron chi connectivity index (χ3n) is 6.00. The van der Waals surface area contributed by atoms with Crippen molar-refractivity contribution in [1.82, 2.24) is 10.2 Å². The van der Waals surface area contributed by atoms with Gasteiger partial charge in [-0.2, -0.15) is 0 Å². The quantitative estimate of drug-likeness (QED) is 0.837. The van der Waals surface area contributed by atoms with Crippen LogP contribution in [0.25, 0.3) is 0 Å². The average Bonchev–Trinajstić information content (AvgIpc) is 3.13. The molecular formula is C17H32N2. The summed E-state index contributed by atoms with van der Waals surface area (Å²) in [5.41, 5.74) is 0.925.